The first-order chi connectivity index (χ1) is 20.0. The summed E-state index contributed by atoms with van der Waals surface area (Å²) in [7, 11) is 0. The lowest BCUT2D eigenvalue weighted by molar-refractivity contribution is 0.147. The second-order valence-corrected chi connectivity index (χ2v) is 12.3. The van der Waals surface area contributed by atoms with Gasteiger partial charge >= 0.3 is 0 Å². The average Bonchev–Trinajstić information content (AvgIpc) is 3.01. The number of nitrogens with two attached hydrogens (primary N) is 2. The summed E-state index contributed by atoms with van der Waals surface area (Å²) in [6, 6.07) is 32.6. The third-order valence-corrected chi connectivity index (χ3v) is 9.66. The molecule has 0 aliphatic heterocycles. The third kappa shape index (κ3) is 6.22. The molecule has 4 N–H and O–H groups in total. The molecule has 4 aromatic carbocycles. The van der Waals surface area contributed by atoms with Gasteiger partial charge in [0.05, 0.1) is 0 Å². The van der Waals surface area contributed by atoms with E-state index in [2.05, 4.69) is 55.5 Å². The molecule has 4 aromatic rings. The van der Waals surface area contributed by atoms with Crippen LogP contribution in [0.2, 0.25) is 0 Å². The summed E-state index contributed by atoms with van der Waals surface area (Å²) in [6.07, 6.45) is 10.5. The van der Waals surface area contributed by atoms with Crippen LogP contribution in [0.3, 0.4) is 0 Å². The van der Waals surface area contributed by atoms with Gasteiger partial charge in [0.15, 0.2) is 0 Å². The Morgan fingerprint density at radius 3 is 1.22 bits per heavy atom. The summed E-state index contributed by atoms with van der Waals surface area (Å²) in [5.41, 5.74) is 15.9. The van der Waals surface area contributed by atoms with E-state index in [1.54, 1.807) is 0 Å². The normalized spacial score (nSPS) is 20.8. The summed E-state index contributed by atoms with van der Waals surface area (Å²) in [6.45, 7) is 2.42. The minimum Gasteiger partial charge on any atom is -0.457 e. The van der Waals surface area contributed by atoms with E-state index in [9.17, 15) is 0 Å². The van der Waals surface area contributed by atoms with Crippen molar-refractivity contribution in [2.75, 3.05) is 11.5 Å². The maximum absolute atomic E-state index is 6.12. The average molecular weight is 547 g/mol. The smallest absolute Gasteiger partial charge is 0.127 e. The van der Waals surface area contributed by atoms with E-state index in [1.807, 2.05) is 48.5 Å². The first-order valence-corrected chi connectivity index (χ1v) is 15.2. The van der Waals surface area contributed by atoms with Crippen molar-refractivity contribution < 1.29 is 9.47 Å². The van der Waals surface area contributed by atoms with E-state index in [4.69, 9.17) is 20.9 Å². The van der Waals surface area contributed by atoms with E-state index in [0.29, 0.717) is 0 Å². The molecule has 0 amide bonds. The molecule has 2 aliphatic rings. The van der Waals surface area contributed by atoms with Crippen molar-refractivity contribution in [2.45, 2.75) is 63.7 Å². The predicted molar refractivity (Wildman–Crippen MR) is 169 cm³/mol. The molecule has 0 spiro atoms. The molecule has 0 saturated heterocycles. The van der Waals surface area contributed by atoms with Gasteiger partial charge in [-0.3, -0.25) is 0 Å². The molecule has 0 heterocycles. The standard InChI is InChI=1S/C37H42N2O2/c1-26-2-4-27(5-3-26)28-22-24-37(25-23-28,29-6-14-33(15-7-29)40-35-18-10-31(38)11-19-35)30-8-16-34(17-9-30)41-36-20-12-32(39)13-21-36/h6-21,26-28H,2-5,22-25,38-39H2,1H3/t26-,27-. The van der Waals surface area contributed by atoms with Crippen LogP contribution >= 0.6 is 0 Å². The zero-order valence-electron chi connectivity index (χ0n) is 24.1. The first kappa shape index (κ1) is 27.3. The van der Waals surface area contributed by atoms with E-state index < -0.39 is 0 Å². The van der Waals surface area contributed by atoms with Crippen LogP contribution < -0.4 is 20.9 Å². The Labute approximate surface area is 244 Å². The van der Waals surface area contributed by atoms with Crippen LogP contribution in [0.1, 0.15) is 69.4 Å². The van der Waals surface area contributed by atoms with E-state index in [1.165, 1.54) is 62.5 Å². The van der Waals surface area contributed by atoms with Crippen molar-refractivity contribution in [3.8, 4) is 23.0 Å². The highest BCUT2D eigenvalue weighted by Gasteiger charge is 2.40. The lowest BCUT2D eigenvalue weighted by Gasteiger charge is -2.44. The molecular weight excluding hydrogens is 504 g/mol. The monoisotopic (exact) mass is 546 g/mol. The Balaban J connectivity index is 1.24. The van der Waals surface area contributed by atoms with Crippen LogP contribution in [-0.4, -0.2) is 0 Å². The van der Waals surface area contributed by atoms with E-state index in [-0.39, 0.29) is 5.41 Å². The summed E-state index contributed by atoms with van der Waals surface area (Å²) in [4.78, 5) is 0. The topological polar surface area (TPSA) is 70.5 Å². The number of hydrogen-bond donors (Lipinski definition) is 2. The molecule has 0 aromatic heterocycles. The summed E-state index contributed by atoms with van der Waals surface area (Å²) < 4.78 is 12.2. The van der Waals surface area contributed by atoms with Crippen molar-refractivity contribution in [2.24, 2.45) is 17.8 Å². The number of ether oxygens (including phenoxy) is 2. The largest absolute Gasteiger partial charge is 0.457 e. The van der Waals surface area contributed by atoms with Crippen LogP contribution in [0.25, 0.3) is 0 Å². The highest BCUT2D eigenvalue weighted by atomic mass is 16.5. The van der Waals surface area contributed by atoms with Crippen LogP contribution in [0.15, 0.2) is 97.1 Å². The number of anilines is 2. The lowest BCUT2D eigenvalue weighted by Crippen LogP contribution is -2.35. The second kappa shape index (κ2) is 11.9. The number of nitrogen functional groups attached to an aromatic ring is 2. The fourth-order valence-electron chi connectivity index (χ4n) is 7.13. The molecule has 41 heavy (non-hydrogen) atoms. The van der Waals surface area contributed by atoms with Gasteiger partial charge < -0.3 is 20.9 Å². The Hall–Kier alpha value is -3.92. The number of rotatable bonds is 7. The van der Waals surface area contributed by atoms with Gasteiger partial charge in [0.2, 0.25) is 0 Å². The Bertz CT molecular complexity index is 1300. The van der Waals surface area contributed by atoms with Gasteiger partial charge in [-0.05, 0) is 140 Å². The summed E-state index contributed by atoms with van der Waals surface area (Å²) in [5, 5.41) is 0. The van der Waals surface area contributed by atoms with Crippen molar-refractivity contribution in [3.63, 3.8) is 0 Å². The lowest BCUT2D eigenvalue weighted by atomic mass is 9.60. The molecular formula is C37H42N2O2. The van der Waals surface area contributed by atoms with Crippen molar-refractivity contribution in [1.29, 1.82) is 0 Å². The molecule has 6 rings (SSSR count). The first-order valence-electron chi connectivity index (χ1n) is 15.2. The molecule has 4 heteroatoms. The Morgan fingerprint density at radius 1 is 0.488 bits per heavy atom. The molecule has 0 bridgehead atoms. The maximum Gasteiger partial charge on any atom is 0.127 e. The van der Waals surface area contributed by atoms with Gasteiger partial charge in [-0.15, -0.1) is 0 Å². The highest BCUT2D eigenvalue weighted by Crippen LogP contribution is 2.50. The number of benzene rings is 4. The van der Waals surface area contributed by atoms with Gasteiger partial charge in [-0.2, -0.15) is 0 Å². The van der Waals surface area contributed by atoms with E-state index in [0.717, 1.165) is 52.1 Å². The maximum atomic E-state index is 6.12. The fraction of sp³-hybridized carbons (Fsp3) is 0.351. The van der Waals surface area contributed by atoms with Crippen LogP contribution in [0, 0.1) is 17.8 Å². The SMILES string of the molecule is C[C@H]1CC[C@H](C2CCC(c3ccc(Oc4ccc(N)cc4)cc3)(c3ccc(Oc4ccc(N)cc4)cc3)CC2)CC1. The van der Waals surface area contributed by atoms with Crippen molar-refractivity contribution >= 4 is 11.4 Å². The quantitative estimate of drug-likeness (QED) is 0.226. The van der Waals surface area contributed by atoms with Gasteiger partial charge in [0.25, 0.3) is 0 Å². The molecule has 0 radical (unpaired) electrons. The summed E-state index contributed by atoms with van der Waals surface area (Å²) >= 11 is 0. The third-order valence-electron chi connectivity index (χ3n) is 9.66. The Kier molecular flexibility index (Phi) is 7.91. The molecule has 0 unspecified atom stereocenters. The van der Waals surface area contributed by atoms with Crippen LogP contribution in [0.5, 0.6) is 23.0 Å². The number of hydrogen-bond acceptors (Lipinski definition) is 4. The minimum atomic E-state index is -0.0160. The molecule has 2 fully saturated rings. The molecule has 0 atom stereocenters. The molecule has 2 aliphatic carbocycles. The van der Waals surface area contributed by atoms with Gasteiger partial charge in [-0.1, -0.05) is 44.0 Å². The minimum absolute atomic E-state index is 0.0160. The van der Waals surface area contributed by atoms with Gasteiger partial charge in [0.1, 0.15) is 23.0 Å². The molecule has 4 nitrogen and oxygen atoms in total. The molecule has 2 saturated carbocycles. The van der Waals surface area contributed by atoms with Crippen molar-refractivity contribution in [3.05, 3.63) is 108 Å². The zero-order chi connectivity index (χ0) is 28.2. The fourth-order valence-corrected chi connectivity index (χ4v) is 7.13. The molecule has 212 valence electrons. The van der Waals surface area contributed by atoms with Crippen molar-refractivity contribution in [1.82, 2.24) is 0 Å². The summed E-state index contributed by atoms with van der Waals surface area (Å²) in [5.74, 6) is 5.91. The zero-order valence-corrected chi connectivity index (χ0v) is 24.1. The van der Waals surface area contributed by atoms with Gasteiger partial charge in [0, 0.05) is 16.8 Å². The van der Waals surface area contributed by atoms with E-state index >= 15 is 0 Å². The van der Waals surface area contributed by atoms with Crippen LogP contribution in [0.4, 0.5) is 11.4 Å². The highest BCUT2D eigenvalue weighted by molar-refractivity contribution is 5.47. The van der Waals surface area contributed by atoms with Gasteiger partial charge in [-0.25, -0.2) is 0 Å². The second-order valence-electron chi connectivity index (χ2n) is 12.3. The predicted octanol–water partition coefficient (Wildman–Crippen LogP) is 9.74. The Morgan fingerprint density at radius 2 is 0.829 bits per heavy atom. The van der Waals surface area contributed by atoms with Crippen LogP contribution in [-0.2, 0) is 5.41 Å².